The van der Waals surface area contributed by atoms with Crippen molar-refractivity contribution in [3.63, 3.8) is 0 Å². The SMILES string of the molecule is ClC1=C(c2ccc(Cl)cc2)C2Cc3ccccc3C12. The molecule has 94 valence electrons. The fourth-order valence-electron chi connectivity index (χ4n) is 3.41. The molecular formula is C17H12Cl2. The monoisotopic (exact) mass is 286 g/mol. The van der Waals surface area contributed by atoms with E-state index in [2.05, 4.69) is 36.4 Å². The topological polar surface area (TPSA) is 0 Å². The van der Waals surface area contributed by atoms with Crippen molar-refractivity contribution in [2.24, 2.45) is 5.92 Å². The Hall–Kier alpha value is -1.24. The minimum atomic E-state index is 0.420. The van der Waals surface area contributed by atoms with Crippen LogP contribution in [0.5, 0.6) is 0 Å². The molecule has 0 fully saturated rings. The van der Waals surface area contributed by atoms with E-state index in [-0.39, 0.29) is 0 Å². The van der Waals surface area contributed by atoms with Crippen LogP contribution in [0.1, 0.15) is 22.6 Å². The van der Waals surface area contributed by atoms with Gasteiger partial charge in [-0.05, 0) is 40.8 Å². The zero-order chi connectivity index (χ0) is 13.0. The van der Waals surface area contributed by atoms with E-state index in [9.17, 15) is 0 Å². The highest BCUT2D eigenvalue weighted by Crippen LogP contribution is 2.59. The number of halogens is 2. The van der Waals surface area contributed by atoms with E-state index in [1.54, 1.807) is 0 Å². The van der Waals surface area contributed by atoms with Crippen LogP contribution in [0.25, 0.3) is 5.57 Å². The van der Waals surface area contributed by atoms with Crippen molar-refractivity contribution >= 4 is 28.8 Å². The molecule has 0 aromatic heterocycles. The Kier molecular flexibility index (Phi) is 2.51. The molecule has 0 radical (unpaired) electrons. The summed E-state index contributed by atoms with van der Waals surface area (Å²) in [7, 11) is 0. The first-order valence-electron chi connectivity index (χ1n) is 6.49. The van der Waals surface area contributed by atoms with Crippen LogP contribution in [0.2, 0.25) is 5.02 Å². The van der Waals surface area contributed by atoms with Crippen LogP contribution in [0.4, 0.5) is 0 Å². The van der Waals surface area contributed by atoms with Gasteiger partial charge >= 0.3 is 0 Å². The first kappa shape index (κ1) is 11.6. The molecular weight excluding hydrogens is 275 g/mol. The largest absolute Gasteiger partial charge is 0.0881 e. The summed E-state index contributed by atoms with van der Waals surface area (Å²) in [6.07, 6.45) is 1.11. The van der Waals surface area contributed by atoms with Crippen molar-refractivity contribution in [2.75, 3.05) is 0 Å². The third-order valence-electron chi connectivity index (χ3n) is 4.29. The molecule has 2 aliphatic carbocycles. The zero-order valence-corrected chi connectivity index (χ0v) is 11.7. The predicted molar refractivity (Wildman–Crippen MR) is 80.6 cm³/mol. The molecule has 2 aromatic rings. The van der Waals surface area contributed by atoms with Gasteiger partial charge < -0.3 is 0 Å². The Morgan fingerprint density at radius 3 is 2.42 bits per heavy atom. The lowest BCUT2D eigenvalue weighted by atomic mass is 9.72. The summed E-state index contributed by atoms with van der Waals surface area (Å²) in [6, 6.07) is 16.6. The average molecular weight is 287 g/mol. The second-order valence-electron chi connectivity index (χ2n) is 5.26. The number of fused-ring (bicyclic) bond motifs is 3. The molecule has 0 saturated carbocycles. The van der Waals surface area contributed by atoms with Gasteiger partial charge in [0.1, 0.15) is 0 Å². The first-order valence-corrected chi connectivity index (χ1v) is 7.24. The maximum absolute atomic E-state index is 6.56. The van der Waals surface area contributed by atoms with Crippen molar-refractivity contribution < 1.29 is 0 Å². The predicted octanol–water partition coefficient (Wildman–Crippen LogP) is 5.26. The van der Waals surface area contributed by atoms with Gasteiger partial charge in [-0.3, -0.25) is 0 Å². The molecule has 2 aromatic carbocycles. The molecule has 4 rings (SSSR count). The summed E-state index contributed by atoms with van der Waals surface area (Å²) in [5, 5.41) is 1.78. The molecule has 0 saturated heterocycles. The normalized spacial score (nSPS) is 23.9. The summed E-state index contributed by atoms with van der Waals surface area (Å²) in [4.78, 5) is 0. The zero-order valence-electron chi connectivity index (χ0n) is 10.2. The van der Waals surface area contributed by atoms with E-state index >= 15 is 0 Å². The Morgan fingerprint density at radius 1 is 0.895 bits per heavy atom. The van der Waals surface area contributed by atoms with Gasteiger partial charge in [0.2, 0.25) is 0 Å². The molecule has 0 aliphatic heterocycles. The number of benzene rings is 2. The van der Waals surface area contributed by atoms with E-state index in [0.717, 1.165) is 16.5 Å². The Labute approximate surface area is 122 Å². The molecule has 2 atom stereocenters. The molecule has 0 heterocycles. The van der Waals surface area contributed by atoms with Gasteiger partial charge in [-0.15, -0.1) is 0 Å². The molecule has 2 aliphatic rings. The van der Waals surface area contributed by atoms with Crippen LogP contribution in [-0.2, 0) is 6.42 Å². The number of hydrogen-bond donors (Lipinski definition) is 0. The fraction of sp³-hybridized carbons (Fsp3) is 0.176. The summed E-state index contributed by atoms with van der Waals surface area (Å²) in [5.74, 6) is 0.967. The minimum Gasteiger partial charge on any atom is -0.0881 e. The summed E-state index contributed by atoms with van der Waals surface area (Å²) < 4.78 is 0. The van der Waals surface area contributed by atoms with Gasteiger partial charge in [-0.1, -0.05) is 59.6 Å². The van der Waals surface area contributed by atoms with E-state index in [1.165, 1.54) is 22.3 Å². The van der Waals surface area contributed by atoms with Gasteiger partial charge in [0, 0.05) is 21.9 Å². The summed E-state index contributed by atoms with van der Waals surface area (Å²) in [6.45, 7) is 0. The lowest BCUT2D eigenvalue weighted by Gasteiger charge is -2.35. The van der Waals surface area contributed by atoms with Gasteiger partial charge in [0.15, 0.2) is 0 Å². The van der Waals surface area contributed by atoms with Gasteiger partial charge in [0.05, 0.1) is 0 Å². The third-order valence-corrected chi connectivity index (χ3v) is 4.98. The van der Waals surface area contributed by atoms with Crippen molar-refractivity contribution in [3.05, 3.63) is 75.3 Å². The molecule has 2 heteroatoms. The van der Waals surface area contributed by atoms with Crippen LogP contribution < -0.4 is 0 Å². The molecule has 0 N–H and O–H groups in total. The number of rotatable bonds is 1. The first-order chi connectivity index (χ1) is 9.25. The Morgan fingerprint density at radius 2 is 1.63 bits per heavy atom. The highest BCUT2D eigenvalue weighted by atomic mass is 35.5. The van der Waals surface area contributed by atoms with Gasteiger partial charge in [0.25, 0.3) is 0 Å². The fourth-order valence-corrected chi connectivity index (χ4v) is 4.05. The van der Waals surface area contributed by atoms with Crippen LogP contribution in [0.15, 0.2) is 53.6 Å². The second kappa shape index (κ2) is 4.13. The Bertz CT molecular complexity index is 683. The van der Waals surface area contributed by atoms with E-state index in [0.29, 0.717) is 11.8 Å². The third kappa shape index (κ3) is 1.60. The van der Waals surface area contributed by atoms with Crippen molar-refractivity contribution in [2.45, 2.75) is 12.3 Å². The van der Waals surface area contributed by atoms with Gasteiger partial charge in [-0.2, -0.15) is 0 Å². The molecule has 19 heavy (non-hydrogen) atoms. The molecule has 2 unspecified atom stereocenters. The minimum absolute atomic E-state index is 0.420. The van der Waals surface area contributed by atoms with Crippen molar-refractivity contribution in [1.29, 1.82) is 0 Å². The van der Waals surface area contributed by atoms with E-state index < -0.39 is 0 Å². The van der Waals surface area contributed by atoms with Crippen molar-refractivity contribution in [3.8, 4) is 0 Å². The maximum atomic E-state index is 6.56. The smallest absolute Gasteiger partial charge is 0.0406 e. The molecule has 0 bridgehead atoms. The average Bonchev–Trinajstić information content (AvgIpc) is 2.75. The van der Waals surface area contributed by atoms with Crippen molar-refractivity contribution in [1.82, 2.24) is 0 Å². The van der Waals surface area contributed by atoms with Crippen LogP contribution in [0, 0.1) is 5.92 Å². The molecule has 0 amide bonds. The highest BCUT2D eigenvalue weighted by molar-refractivity contribution is 6.35. The van der Waals surface area contributed by atoms with Gasteiger partial charge in [-0.25, -0.2) is 0 Å². The summed E-state index contributed by atoms with van der Waals surface area (Å²) >= 11 is 12.5. The molecule has 0 nitrogen and oxygen atoms in total. The van der Waals surface area contributed by atoms with Crippen LogP contribution >= 0.6 is 23.2 Å². The highest BCUT2D eigenvalue weighted by Gasteiger charge is 2.45. The van der Waals surface area contributed by atoms with Crippen LogP contribution in [0.3, 0.4) is 0 Å². The molecule has 0 spiro atoms. The van der Waals surface area contributed by atoms with E-state index in [4.69, 9.17) is 23.2 Å². The van der Waals surface area contributed by atoms with Crippen LogP contribution in [-0.4, -0.2) is 0 Å². The second-order valence-corrected chi connectivity index (χ2v) is 6.10. The number of allylic oxidation sites excluding steroid dienone is 2. The lowest BCUT2D eigenvalue weighted by molar-refractivity contribution is 0.593. The maximum Gasteiger partial charge on any atom is 0.0406 e. The summed E-state index contributed by atoms with van der Waals surface area (Å²) in [5.41, 5.74) is 5.37. The standard InChI is InChI=1S/C17H12Cl2/c18-12-7-5-10(6-8-12)15-14-9-11-3-1-2-4-13(11)16(14)17(15)19/h1-8,14,16H,9H2. The quantitative estimate of drug-likeness (QED) is 0.671. The Balaban J connectivity index is 1.77. The number of hydrogen-bond acceptors (Lipinski definition) is 0. The van der Waals surface area contributed by atoms with E-state index in [1.807, 2.05) is 12.1 Å². The lowest BCUT2D eigenvalue weighted by Crippen LogP contribution is -2.22.